The van der Waals surface area contributed by atoms with Crippen molar-refractivity contribution in [3.05, 3.63) is 89.9 Å². The van der Waals surface area contributed by atoms with Gasteiger partial charge in [-0.1, -0.05) is 61.4 Å². The Morgan fingerprint density at radius 2 is 1.77 bits per heavy atom. The number of nitrogens with one attached hydrogen (secondary N) is 1. The van der Waals surface area contributed by atoms with Crippen molar-refractivity contribution >= 4 is 29.2 Å². The van der Waals surface area contributed by atoms with Gasteiger partial charge in [-0.05, 0) is 42.7 Å². The van der Waals surface area contributed by atoms with Crippen molar-refractivity contribution in [2.45, 2.75) is 44.3 Å². The Labute approximate surface area is 225 Å². The first kappa shape index (κ1) is 23.6. The van der Waals surface area contributed by atoms with Crippen molar-refractivity contribution in [2.75, 3.05) is 17.3 Å². The molecule has 0 unspecified atom stereocenters. The minimum Gasteiger partial charge on any atom is -0.340 e. The number of aliphatic imine (C=N–C) groups is 1. The van der Waals surface area contributed by atoms with Crippen LogP contribution < -0.4 is 10.2 Å². The number of halogens is 1. The molecule has 1 fully saturated rings. The molecule has 0 bridgehead atoms. The van der Waals surface area contributed by atoms with Gasteiger partial charge in [-0.25, -0.2) is 14.7 Å². The first-order chi connectivity index (χ1) is 19.1. The van der Waals surface area contributed by atoms with Crippen LogP contribution in [0.5, 0.6) is 0 Å². The summed E-state index contributed by atoms with van der Waals surface area (Å²) >= 11 is 0. The lowest BCUT2D eigenvalue weighted by Crippen LogP contribution is -2.52. The zero-order valence-electron chi connectivity index (χ0n) is 21.6. The predicted molar refractivity (Wildman–Crippen MR) is 149 cm³/mol. The van der Waals surface area contributed by atoms with Crippen LogP contribution in [0.4, 0.5) is 21.7 Å². The third-order valence-electron chi connectivity index (χ3n) is 7.84. The van der Waals surface area contributed by atoms with Crippen LogP contribution >= 0.6 is 0 Å². The van der Waals surface area contributed by atoms with Gasteiger partial charge in [0.25, 0.3) is 5.91 Å². The third kappa shape index (κ3) is 4.05. The number of pyridine rings is 1. The maximum atomic E-state index is 13.8. The molecule has 0 radical (unpaired) electrons. The average Bonchev–Trinajstić information content (AvgIpc) is 3.51. The Bertz CT molecular complexity index is 1580. The number of guanidine groups is 1. The van der Waals surface area contributed by atoms with E-state index in [9.17, 15) is 9.18 Å². The lowest BCUT2D eigenvalue weighted by molar-refractivity contribution is 0.0866. The Morgan fingerprint density at radius 1 is 0.974 bits per heavy atom. The molecule has 1 N–H and O–H groups in total. The zero-order chi connectivity index (χ0) is 26.5. The van der Waals surface area contributed by atoms with Crippen LogP contribution in [-0.4, -0.2) is 50.7 Å². The van der Waals surface area contributed by atoms with Crippen molar-refractivity contribution in [1.29, 1.82) is 0 Å². The van der Waals surface area contributed by atoms with E-state index >= 15 is 0 Å². The number of carbonyl (C=O) groups is 1. The Morgan fingerprint density at radius 3 is 2.56 bits per heavy atom. The number of rotatable bonds is 5. The molecule has 1 saturated carbocycles. The van der Waals surface area contributed by atoms with Crippen LogP contribution in [0.15, 0.2) is 77.8 Å². The molecule has 39 heavy (non-hydrogen) atoms. The molecule has 7 rings (SSSR count). The topological polar surface area (TPSA) is 78.7 Å². The summed E-state index contributed by atoms with van der Waals surface area (Å²) in [5.74, 6) is 1.41. The first-order valence-electron chi connectivity index (χ1n) is 13.4. The van der Waals surface area contributed by atoms with Gasteiger partial charge >= 0.3 is 0 Å². The highest BCUT2D eigenvalue weighted by Gasteiger charge is 2.48. The number of hydrogen-bond donors (Lipinski definition) is 1. The fourth-order valence-electron chi connectivity index (χ4n) is 5.90. The van der Waals surface area contributed by atoms with Crippen LogP contribution in [0.25, 0.3) is 11.3 Å². The maximum absolute atomic E-state index is 13.8. The third-order valence-corrected chi connectivity index (χ3v) is 7.84. The monoisotopic (exact) mass is 521 g/mol. The number of carbonyl (C=O) groups excluding carboxylic acids is 1. The molecule has 4 aromatic rings. The van der Waals surface area contributed by atoms with Gasteiger partial charge in [0.2, 0.25) is 11.9 Å². The molecule has 1 aliphatic carbocycles. The molecule has 4 heterocycles. The van der Waals surface area contributed by atoms with Crippen molar-refractivity contribution in [3.63, 3.8) is 0 Å². The second kappa shape index (κ2) is 9.34. The molecule has 0 saturated heterocycles. The van der Waals surface area contributed by atoms with Gasteiger partial charge in [0.15, 0.2) is 5.82 Å². The second-order valence-corrected chi connectivity index (χ2v) is 10.3. The predicted octanol–water partition coefficient (Wildman–Crippen LogP) is 5.45. The highest BCUT2D eigenvalue weighted by molar-refractivity contribution is 6.21. The lowest BCUT2D eigenvalue weighted by Gasteiger charge is -2.36. The maximum Gasteiger partial charge on any atom is 0.267 e. The van der Waals surface area contributed by atoms with E-state index in [4.69, 9.17) is 10.1 Å². The van der Waals surface area contributed by atoms with E-state index in [1.165, 1.54) is 6.07 Å². The summed E-state index contributed by atoms with van der Waals surface area (Å²) in [5.41, 5.74) is 3.85. The SMILES string of the molecule is CN1C(=O)c2c(nn(Cc3ccc(-c4cccc(F)n4)cc3)c2Nc2ccccc2)N2C1=N[C@@H]1CCCC[C@@H]12. The normalized spacial score (nSPS) is 19.8. The van der Waals surface area contributed by atoms with E-state index < -0.39 is 5.95 Å². The lowest BCUT2D eigenvalue weighted by atomic mass is 9.90. The number of benzene rings is 2. The van der Waals surface area contributed by atoms with E-state index in [2.05, 4.69) is 15.2 Å². The van der Waals surface area contributed by atoms with Gasteiger partial charge in [-0.3, -0.25) is 14.6 Å². The average molecular weight is 522 g/mol. The number of anilines is 3. The highest BCUT2D eigenvalue weighted by atomic mass is 19.1. The number of hydrogen-bond acceptors (Lipinski definition) is 6. The fourth-order valence-corrected chi connectivity index (χ4v) is 5.90. The van der Waals surface area contributed by atoms with Crippen LogP contribution in [0.3, 0.4) is 0 Å². The molecule has 2 aromatic carbocycles. The number of aromatic nitrogens is 3. The van der Waals surface area contributed by atoms with Crippen LogP contribution in [0.1, 0.15) is 41.6 Å². The van der Waals surface area contributed by atoms with Crippen molar-refractivity contribution < 1.29 is 9.18 Å². The molecule has 0 spiro atoms. The summed E-state index contributed by atoms with van der Waals surface area (Å²) in [6.45, 7) is 0.449. The van der Waals surface area contributed by atoms with Gasteiger partial charge in [0.1, 0.15) is 11.4 Å². The van der Waals surface area contributed by atoms with Gasteiger partial charge in [0.05, 0.1) is 24.3 Å². The number of para-hydroxylation sites is 1. The molecule has 3 aliphatic rings. The fraction of sp³-hybridized carbons (Fsp3) is 0.267. The van der Waals surface area contributed by atoms with Gasteiger partial charge in [-0.2, -0.15) is 9.49 Å². The summed E-state index contributed by atoms with van der Waals surface area (Å²) in [5, 5.41) is 8.52. The molecule has 2 aromatic heterocycles. The van der Waals surface area contributed by atoms with Crippen molar-refractivity contribution in [3.8, 4) is 11.3 Å². The number of amides is 1. The molecule has 9 heteroatoms. The van der Waals surface area contributed by atoms with Crippen LogP contribution in [-0.2, 0) is 6.54 Å². The number of fused-ring (bicyclic) bond motifs is 5. The highest BCUT2D eigenvalue weighted by Crippen LogP contribution is 2.42. The summed E-state index contributed by atoms with van der Waals surface area (Å²) in [6.07, 6.45) is 4.37. The summed E-state index contributed by atoms with van der Waals surface area (Å²) < 4.78 is 15.5. The van der Waals surface area contributed by atoms with E-state index in [-0.39, 0.29) is 18.0 Å². The van der Waals surface area contributed by atoms with E-state index in [0.29, 0.717) is 35.4 Å². The number of nitrogens with zero attached hydrogens (tertiary/aromatic N) is 6. The summed E-state index contributed by atoms with van der Waals surface area (Å²) in [7, 11) is 1.80. The molecule has 2 aliphatic heterocycles. The largest absolute Gasteiger partial charge is 0.340 e. The zero-order valence-corrected chi connectivity index (χ0v) is 21.6. The van der Waals surface area contributed by atoms with Gasteiger partial charge in [0, 0.05) is 18.3 Å². The summed E-state index contributed by atoms with van der Waals surface area (Å²) in [6, 6.07) is 22.9. The Balaban J connectivity index is 1.29. The van der Waals surface area contributed by atoms with Gasteiger partial charge in [-0.15, -0.1) is 0 Å². The van der Waals surface area contributed by atoms with E-state index in [1.54, 1.807) is 24.1 Å². The molecule has 2 atom stereocenters. The summed E-state index contributed by atoms with van der Waals surface area (Å²) in [4.78, 5) is 26.6. The molecular formula is C30H28FN7O. The Kier molecular flexibility index (Phi) is 5.65. The quantitative estimate of drug-likeness (QED) is 0.354. The molecule has 196 valence electrons. The van der Waals surface area contributed by atoms with E-state index in [1.807, 2.05) is 59.3 Å². The Hall–Kier alpha value is -4.53. The first-order valence-corrected chi connectivity index (χ1v) is 13.4. The smallest absolute Gasteiger partial charge is 0.267 e. The second-order valence-electron chi connectivity index (χ2n) is 10.3. The van der Waals surface area contributed by atoms with Crippen molar-refractivity contribution in [2.24, 2.45) is 4.99 Å². The minimum absolute atomic E-state index is 0.115. The standard InChI is InChI=1S/C30H28FN7O/c1-36-29(39)26-27(32-21-8-3-2-4-9-21)37(35-28(26)38-24-12-6-5-10-23(24)34-30(36)38)18-19-14-16-20(17-15-19)22-11-7-13-25(31)33-22/h2-4,7-9,11,13-17,23-24,32H,5-6,10,12,18H2,1H3/t23-,24+/m1/s1. The molecule has 1 amide bonds. The van der Waals surface area contributed by atoms with Crippen LogP contribution in [0, 0.1) is 5.95 Å². The van der Waals surface area contributed by atoms with Crippen LogP contribution in [0.2, 0.25) is 0 Å². The van der Waals surface area contributed by atoms with E-state index in [0.717, 1.165) is 42.5 Å². The van der Waals surface area contributed by atoms with Crippen molar-refractivity contribution in [1.82, 2.24) is 19.7 Å². The van der Waals surface area contributed by atoms with Gasteiger partial charge < -0.3 is 5.32 Å². The molecular weight excluding hydrogens is 493 g/mol. The minimum atomic E-state index is -0.505. The molecule has 8 nitrogen and oxygen atoms in total.